The van der Waals surface area contributed by atoms with Crippen LogP contribution in [0.25, 0.3) is 5.65 Å². The Morgan fingerprint density at radius 2 is 2.08 bits per heavy atom. The van der Waals surface area contributed by atoms with Crippen LogP contribution in [0.3, 0.4) is 0 Å². The maximum absolute atomic E-state index is 14.1. The summed E-state index contributed by atoms with van der Waals surface area (Å²) < 4.78 is 4.08. The van der Waals surface area contributed by atoms with Crippen LogP contribution in [-0.4, -0.2) is 86.1 Å². The van der Waals surface area contributed by atoms with E-state index < -0.39 is 0 Å². The molecule has 0 spiro atoms. The Balaban J connectivity index is 1.22. The number of carbonyl (C=O) groups excluding carboxylic acids is 1. The highest BCUT2D eigenvalue weighted by Crippen LogP contribution is 2.36. The van der Waals surface area contributed by atoms with Gasteiger partial charge in [-0.3, -0.25) is 4.79 Å². The summed E-state index contributed by atoms with van der Waals surface area (Å²) in [6.45, 7) is 7.94. The van der Waals surface area contributed by atoms with Crippen molar-refractivity contribution in [3.8, 4) is 0 Å². The SMILES string of the molecule is CCCCN1N[N+](C)=C2CCC(C(=O)N3CCCCC3c3cc4nc(N5CCC(N)C5)c(C)cn4n3)CC21. The Morgan fingerprint density at radius 3 is 2.87 bits per heavy atom. The molecule has 3 aliphatic heterocycles. The average molecular weight is 523 g/mol. The molecule has 2 saturated heterocycles. The summed E-state index contributed by atoms with van der Waals surface area (Å²) in [5.74, 6) is 1.38. The number of amides is 1. The Kier molecular flexibility index (Phi) is 7.03. The van der Waals surface area contributed by atoms with Crippen molar-refractivity contribution >= 4 is 23.1 Å². The monoisotopic (exact) mass is 522 g/mol. The van der Waals surface area contributed by atoms with Gasteiger partial charge >= 0.3 is 0 Å². The lowest BCUT2D eigenvalue weighted by Gasteiger charge is -2.38. The second kappa shape index (κ2) is 10.4. The lowest BCUT2D eigenvalue weighted by molar-refractivity contribution is -0.578. The van der Waals surface area contributed by atoms with E-state index in [2.05, 4.69) is 58.2 Å². The highest BCUT2D eigenvalue weighted by molar-refractivity contribution is 5.89. The topological polar surface area (TPSA) is 98.0 Å². The van der Waals surface area contributed by atoms with E-state index in [9.17, 15) is 4.79 Å². The summed E-state index contributed by atoms with van der Waals surface area (Å²) in [6, 6.07) is 2.65. The number of aromatic nitrogens is 3. The van der Waals surface area contributed by atoms with Gasteiger partial charge in [-0.25, -0.2) is 9.50 Å². The number of nitrogens with zero attached hydrogens (tertiary/aromatic N) is 7. The first-order chi connectivity index (χ1) is 18.4. The van der Waals surface area contributed by atoms with Crippen LogP contribution in [0, 0.1) is 12.8 Å². The summed E-state index contributed by atoms with van der Waals surface area (Å²) in [7, 11) is 2.11. The molecule has 4 aliphatic rings. The van der Waals surface area contributed by atoms with Gasteiger partial charge in [0.1, 0.15) is 11.9 Å². The number of hydrogen-bond acceptors (Lipinski definition) is 7. The summed E-state index contributed by atoms with van der Waals surface area (Å²) >= 11 is 0. The molecule has 1 aliphatic carbocycles. The molecule has 3 N–H and O–H groups in total. The molecule has 5 heterocycles. The van der Waals surface area contributed by atoms with Crippen molar-refractivity contribution in [1.29, 1.82) is 0 Å². The number of aryl methyl sites for hydroxylation is 1. The Hall–Kier alpha value is -2.72. The lowest BCUT2D eigenvalue weighted by Crippen LogP contribution is -2.49. The first-order valence-electron chi connectivity index (χ1n) is 14.7. The second-order valence-corrected chi connectivity index (χ2v) is 11.8. The Labute approximate surface area is 225 Å². The van der Waals surface area contributed by atoms with Crippen LogP contribution in [0.5, 0.6) is 0 Å². The molecule has 4 atom stereocenters. The largest absolute Gasteiger partial charge is 0.355 e. The first-order valence-corrected chi connectivity index (χ1v) is 14.7. The van der Waals surface area contributed by atoms with Crippen molar-refractivity contribution in [3.05, 3.63) is 23.5 Å². The van der Waals surface area contributed by atoms with Crippen molar-refractivity contribution in [2.45, 2.75) is 89.8 Å². The van der Waals surface area contributed by atoms with Gasteiger partial charge in [0.25, 0.3) is 0 Å². The fourth-order valence-electron chi connectivity index (χ4n) is 7.01. The number of hydrazine groups is 2. The van der Waals surface area contributed by atoms with Crippen LogP contribution >= 0.6 is 0 Å². The van der Waals surface area contributed by atoms with Gasteiger partial charge in [0.15, 0.2) is 12.7 Å². The van der Waals surface area contributed by atoms with Crippen LogP contribution in [0.2, 0.25) is 0 Å². The van der Waals surface area contributed by atoms with E-state index in [0.29, 0.717) is 11.9 Å². The van der Waals surface area contributed by atoms with Gasteiger partial charge in [0.2, 0.25) is 11.6 Å². The Morgan fingerprint density at radius 1 is 1.21 bits per heavy atom. The molecule has 2 aromatic heterocycles. The van der Waals surface area contributed by atoms with E-state index in [1.165, 1.54) is 12.1 Å². The number of carbonyl (C=O) groups is 1. The molecular formula is C28H44N9O+. The van der Waals surface area contributed by atoms with E-state index in [-0.39, 0.29) is 18.0 Å². The number of fused-ring (bicyclic) bond motifs is 2. The van der Waals surface area contributed by atoms with Crippen LogP contribution in [0.15, 0.2) is 12.3 Å². The van der Waals surface area contributed by atoms with Crippen molar-refractivity contribution in [2.75, 3.05) is 38.1 Å². The van der Waals surface area contributed by atoms with Crippen molar-refractivity contribution in [1.82, 2.24) is 30.0 Å². The highest BCUT2D eigenvalue weighted by Gasteiger charge is 2.46. The fraction of sp³-hybridized carbons (Fsp3) is 0.714. The fourth-order valence-corrected chi connectivity index (χ4v) is 7.01. The number of likely N-dealkylation sites (tertiary alicyclic amines) is 1. The predicted octanol–water partition coefficient (Wildman–Crippen LogP) is 2.42. The van der Waals surface area contributed by atoms with Gasteiger partial charge < -0.3 is 15.5 Å². The molecule has 2 aromatic rings. The maximum Gasteiger partial charge on any atom is 0.226 e. The molecule has 0 radical (unpaired) electrons. The van der Waals surface area contributed by atoms with Crippen molar-refractivity contribution < 1.29 is 9.48 Å². The highest BCUT2D eigenvalue weighted by atomic mass is 16.2. The van der Waals surface area contributed by atoms with Gasteiger partial charge in [0, 0.05) is 62.4 Å². The molecule has 1 amide bonds. The van der Waals surface area contributed by atoms with E-state index >= 15 is 0 Å². The molecule has 0 bridgehead atoms. The first kappa shape index (κ1) is 25.6. The molecule has 1 saturated carbocycles. The van der Waals surface area contributed by atoms with Gasteiger partial charge in [-0.2, -0.15) is 10.1 Å². The maximum atomic E-state index is 14.1. The zero-order valence-electron chi connectivity index (χ0n) is 23.3. The molecular weight excluding hydrogens is 478 g/mol. The quantitative estimate of drug-likeness (QED) is 0.563. The summed E-state index contributed by atoms with van der Waals surface area (Å²) in [5.41, 5.74) is 14.0. The van der Waals surface area contributed by atoms with E-state index in [1.54, 1.807) is 0 Å². The zero-order valence-corrected chi connectivity index (χ0v) is 23.3. The van der Waals surface area contributed by atoms with Crippen LogP contribution in [0.1, 0.15) is 82.0 Å². The summed E-state index contributed by atoms with van der Waals surface area (Å²) in [6.07, 6.45) is 11.3. The molecule has 0 aromatic carbocycles. The van der Waals surface area contributed by atoms with Crippen LogP contribution in [0.4, 0.5) is 5.82 Å². The van der Waals surface area contributed by atoms with Gasteiger partial charge in [-0.05, 0) is 51.9 Å². The lowest BCUT2D eigenvalue weighted by atomic mass is 9.82. The molecule has 10 nitrogen and oxygen atoms in total. The number of piperidine rings is 1. The van der Waals surface area contributed by atoms with Crippen LogP contribution < -0.4 is 16.2 Å². The minimum Gasteiger partial charge on any atom is -0.355 e. The number of hydrazone groups is 1. The number of hydrogen-bond donors (Lipinski definition) is 2. The van der Waals surface area contributed by atoms with E-state index in [1.807, 2.05) is 4.52 Å². The smallest absolute Gasteiger partial charge is 0.226 e. The minimum atomic E-state index is 0.0212. The molecule has 206 valence electrons. The van der Waals surface area contributed by atoms with Crippen molar-refractivity contribution in [2.24, 2.45) is 11.7 Å². The third-order valence-corrected chi connectivity index (χ3v) is 9.10. The third-order valence-electron chi connectivity index (χ3n) is 9.10. The number of anilines is 1. The number of nitrogens with two attached hydrogens (primary N) is 1. The third kappa shape index (κ3) is 4.66. The van der Waals surface area contributed by atoms with E-state index in [0.717, 1.165) is 100 Å². The van der Waals surface area contributed by atoms with Gasteiger partial charge in [-0.1, -0.05) is 13.3 Å². The average Bonchev–Trinajstić information content (AvgIpc) is 3.63. The van der Waals surface area contributed by atoms with E-state index in [4.69, 9.17) is 15.8 Å². The normalized spacial score (nSPS) is 28.3. The van der Waals surface area contributed by atoms with Gasteiger partial charge in [-0.15, -0.1) is 10.2 Å². The standard InChI is InChI=1S/C28H44N9O/c1-4-5-13-36-25-15-20(9-10-24(25)33(3)32-36)28(38)35-12-7-6-8-23(35)22-16-26-30-27(19(2)17-37(26)31-22)34-14-11-21(29)18-34/h16-17,20-21,23,25,32H,4-15,18,29H2,1-3H3/q+1. The minimum absolute atomic E-state index is 0.0212. The molecule has 38 heavy (non-hydrogen) atoms. The summed E-state index contributed by atoms with van der Waals surface area (Å²) in [5, 5.41) is 7.31. The zero-order chi connectivity index (χ0) is 26.4. The van der Waals surface area contributed by atoms with Crippen LogP contribution in [-0.2, 0) is 4.79 Å². The summed E-state index contributed by atoms with van der Waals surface area (Å²) in [4.78, 5) is 23.5. The Bertz CT molecular complexity index is 1220. The predicted molar refractivity (Wildman–Crippen MR) is 148 cm³/mol. The van der Waals surface area contributed by atoms with Crippen molar-refractivity contribution in [3.63, 3.8) is 0 Å². The molecule has 3 fully saturated rings. The van der Waals surface area contributed by atoms with Gasteiger partial charge in [0.05, 0.1) is 11.7 Å². The molecule has 10 heteroatoms. The number of rotatable bonds is 6. The number of unbranched alkanes of at least 4 members (excludes halogenated alkanes) is 1. The molecule has 4 unspecified atom stereocenters. The number of nitrogens with one attached hydrogen (secondary N) is 1. The second-order valence-electron chi connectivity index (χ2n) is 11.8. The molecule has 6 rings (SSSR count).